The van der Waals surface area contributed by atoms with Crippen LogP contribution >= 0.6 is 23.1 Å². The van der Waals surface area contributed by atoms with Crippen LogP contribution in [-0.2, 0) is 0 Å². The van der Waals surface area contributed by atoms with Crippen LogP contribution in [0.2, 0.25) is 0 Å². The van der Waals surface area contributed by atoms with Gasteiger partial charge < -0.3 is 10.6 Å². The van der Waals surface area contributed by atoms with Crippen LogP contribution in [0.15, 0.2) is 20.9 Å². The van der Waals surface area contributed by atoms with Crippen molar-refractivity contribution in [3.63, 3.8) is 0 Å². The summed E-state index contributed by atoms with van der Waals surface area (Å²) in [5, 5.41) is 8.96. The molecule has 0 radical (unpaired) electrons. The molecule has 0 spiro atoms. The number of aliphatic imine (C=N–C) groups is 1. The number of aromatic nitrogens is 1. The van der Waals surface area contributed by atoms with E-state index >= 15 is 0 Å². The minimum atomic E-state index is 0.612. The van der Waals surface area contributed by atoms with Crippen molar-refractivity contribution in [2.24, 2.45) is 4.99 Å². The first-order valence-corrected chi connectivity index (χ1v) is 9.82. The summed E-state index contributed by atoms with van der Waals surface area (Å²) >= 11 is 3.54. The smallest absolute Gasteiger partial charge is 0.191 e. The maximum Gasteiger partial charge on any atom is 0.191 e. The Hall–Kier alpha value is -0.750. The molecule has 0 aromatic carbocycles. The van der Waals surface area contributed by atoms with Gasteiger partial charge in [0.05, 0.1) is 0 Å². The molecule has 1 heterocycles. The number of rotatable bonds is 7. The van der Waals surface area contributed by atoms with Crippen molar-refractivity contribution in [2.75, 3.05) is 18.8 Å². The molecule has 1 aliphatic carbocycles. The molecule has 118 valence electrons. The zero-order valence-corrected chi connectivity index (χ0v) is 14.4. The lowest BCUT2D eigenvalue weighted by Crippen LogP contribution is -2.44. The third-order valence-corrected chi connectivity index (χ3v) is 5.55. The number of thiazole rings is 1. The Bertz CT molecular complexity index is 400. The maximum atomic E-state index is 4.69. The fourth-order valence-corrected chi connectivity index (χ4v) is 4.09. The molecule has 1 aromatic heterocycles. The van der Waals surface area contributed by atoms with Crippen molar-refractivity contribution in [2.45, 2.75) is 55.8 Å². The molecule has 0 bridgehead atoms. The Morgan fingerprint density at radius 2 is 2.29 bits per heavy atom. The van der Waals surface area contributed by atoms with Crippen LogP contribution in [-0.4, -0.2) is 35.8 Å². The molecule has 6 heteroatoms. The van der Waals surface area contributed by atoms with Gasteiger partial charge in [0.1, 0.15) is 4.34 Å². The molecule has 1 aliphatic rings. The number of nitrogens with one attached hydrogen (secondary N) is 2. The van der Waals surface area contributed by atoms with Gasteiger partial charge in [0.25, 0.3) is 0 Å². The van der Waals surface area contributed by atoms with E-state index in [2.05, 4.69) is 22.5 Å². The van der Waals surface area contributed by atoms with Crippen LogP contribution in [0, 0.1) is 0 Å². The second kappa shape index (κ2) is 10.1. The minimum absolute atomic E-state index is 0.612. The summed E-state index contributed by atoms with van der Waals surface area (Å²) in [6, 6.07) is 0.612. The van der Waals surface area contributed by atoms with E-state index in [0.717, 1.165) is 35.6 Å². The zero-order chi connectivity index (χ0) is 14.8. The lowest BCUT2D eigenvalue weighted by Gasteiger charge is -2.24. The number of thioether (sulfide) groups is 1. The second-order valence-corrected chi connectivity index (χ2v) is 7.48. The molecular formula is C15H26N4S2. The molecular weight excluding hydrogens is 300 g/mol. The van der Waals surface area contributed by atoms with E-state index in [-0.39, 0.29) is 0 Å². The predicted molar refractivity (Wildman–Crippen MR) is 93.4 cm³/mol. The average molecular weight is 327 g/mol. The second-order valence-electron chi connectivity index (χ2n) is 5.24. The van der Waals surface area contributed by atoms with Gasteiger partial charge in [-0.05, 0) is 26.2 Å². The van der Waals surface area contributed by atoms with Gasteiger partial charge in [-0.2, -0.15) is 0 Å². The van der Waals surface area contributed by atoms with Crippen LogP contribution in [0.1, 0.15) is 45.4 Å². The maximum absolute atomic E-state index is 4.69. The van der Waals surface area contributed by atoms with Crippen LogP contribution in [0.25, 0.3) is 0 Å². The number of hydrogen-bond acceptors (Lipinski definition) is 4. The Morgan fingerprint density at radius 3 is 3.00 bits per heavy atom. The van der Waals surface area contributed by atoms with E-state index in [1.54, 1.807) is 11.3 Å². The average Bonchev–Trinajstić information content (AvgIpc) is 3.01. The molecule has 1 aromatic rings. The highest BCUT2D eigenvalue weighted by Gasteiger charge is 2.14. The van der Waals surface area contributed by atoms with Gasteiger partial charge in [0.15, 0.2) is 5.96 Å². The SMILES string of the molecule is CCNC(=NCCCSc1nccs1)NC1CCCCC1. The van der Waals surface area contributed by atoms with Gasteiger partial charge in [0, 0.05) is 36.5 Å². The Labute approximate surface area is 136 Å². The molecule has 0 atom stereocenters. The van der Waals surface area contributed by atoms with Crippen molar-refractivity contribution in [1.29, 1.82) is 0 Å². The first kappa shape index (κ1) is 16.6. The largest absolute Gasteiger partial charge is 0.357 e. The summed E-state index contributed by atoms with van der Waals surface area (Å²) < 4.78 is 1.16. The zero-order valence-electron chi connectivity index (χ0n) is 12.8. The normalized spacial score (nSPS) is 16.9. The van der Waals surface area contributed by atoms with Crippen molar-refractivity contribution < 1.29 is 0 Å². The number of nitrogens with zero attached hydrogens (tertiary/aromatic N) is 2. The molecule has 0 unspecified atom stereocenters. The summed E-state index contributed by atoms with van der Waals surface area (Å²) in [4.78, 5) is 8.97. The van der Waals surface area contributed by atoms with Crippen LogP contribution in [0.5, 0.6) is 0 Å². The first-order chi connectivity index (χ1) is 10.4. The molecule has 4 nitrogen and oxygen atoms in total. The standard InChI is InChI=1S/C15H26N4S2/c1-2-16-14(19-13-7-4-3-5-8-13)17-9-6-11-20-15-18-10-12-21-15/h10,12-13H,2-9,11H2,1H3,(H2,16,17,19). The van der Waals surface area contributed by atoms with Gasteiger partial charge in [-0.15, -0.1) is 11.3 Å². The molecule has 0 amide bonds. The van der Waals surface area contributed by atoms with E-state index in [1.807, 2.05) is 23.3 Å². The lowest BCUT2D eigenvalue weighted by molar-refractivity contribution is 0.410. The van der Waals surface area contributed by atoms with E-state index in [1.165, 1.54) is 32.1 Å². The minimum Gasteiger partial charge on any atom is -0.357 e. The van der Waals surface area contributed by atoms with Crippen molar-refractivity contribution in [3.8, 4) is 0 Å². The summed E-state index contributed by atoms with van der Waals surface area (Å²) in [5.74, 6) is 2.07. The third kappa shape index (κ3) is 6.70. The van der Waals surface area contributed by atoms with Gasteiger partial charge in [0.2, 0.25) is 0 Å². The summed E-state index contributed by atoms with van der Waals surface area (Å²) in [7, 11) is 0. The van der Waals surface area contributed by atoms with Gasteiger partial charge >= 0.3 is 0 Å². The Kier molecular flexibility index (Phi) is 7.96. The van der Waals surface area contributed by atoms with E-state index < -0.39 is 0 Å². The first-order valence-electron chi connectivity index (χ1n) is 7.95. The highest BCUT2D eigenvalue weighted by Crippen LogP contribution is 2.20. The molecule has 1 fully saturated rings. The highest BCUT2D eigenvalue weighted by atomic mass is 32.2. The molecule has 21 heavy (non-hydrogen) atoms. The Balaban J connectivity index is 1.66. The van der Waals surface area contributed by atoms with Crippen molar-refractivity contribution in [1.82, 2.24) is 15.6 Å². The van der Waals surface area contributed by atoms with Crippen molar-refractivity contribution >= 4 is 29.1 Å². The molecule has 0 aliphatic heterocycles. The summed E-state index contributed by atoms with van der Waals surface area (Å²) in [5.41, 5.74) is 0. The van der Waals surface area contributed by atoms with Crippen LogP contribution in [0.3, 0.4) is 0 Å². The molecule has 2 N–H and O–H groups in total. The monoisotopic (exact) mass is 326 g/mol. The highest BCUT2D eigenvalue weighted by molar-refractivity contribution is 8.00. The number of hydrogen-bond donors (Lipinski definition) is 2. The summed E-state index contributed by atoms with van der Waals surface area (Å²) in [6.45, 7) is 3.92. The molecule has 2 rings (SSSR count). The van der Waals surface area contributed by atoms with Crippen LogP contribution < -0.4 is 10.6 Å². The predicted octanol–water partition coefficient (Wildman–Crippen LogP) is 3.51. The Morgan fingerprint density at radius 1 is 1.43 bits per heavy atom. The fourth-order valence-electron chi connectivity index (χ4n) is 2.46. The molecule has 0 saturated heterocycles. The topological polar surface area (TPSA) is 49.3 Å². The molecule has 1 saturated carbocycles. The van der Waals surface area contributed by atoms with E-state index in [4.69, 9.17) is 4.99 Å². The van der Waals surface area contributed by atoms with Gasteiger partial charge in [-0.25, -0.2) is 4.98 Å². The van der Waals surface area contributed by atoms with Gasteiger partial charge in [-0.1, -0.05) is 31.0 Å². The summed E-state index contributed by atoms with van der Waals surface area (Å²) in [6.07, 6.45) is 9.60. The van der Waals surface area contributed by atoms with Gasteiger partial charge in [-0.3, -0.25) is 4.99 Å². The van der Waals surface area contributed by atoms with Crippen LogP contribution in [0.4, 0.5) is 0 Å². The lowest BCUT2D eigenvalue weighted by atomic mass is 9.96. The number of guanidine groups is 1. The quantitative estimate of drug-likeness (QED) is 0.348. The van der Waals surface area contributed by atoms with E-state index in [9.17, 15) is 0 Å². The third-order valence-electron chi connectivity index (χ3n) is 3.50. The van der Waals surface area contributed by atoms with E-state index in [0.29, 0.717) is 6.04 Å². The fraction of sp³-hybridized carbons (Fsp3) is 0.733. The van der Waals surface area contributed by atoms with Crippen molar-refractivity contribution in [3.05, 3.63) is 11.6 Å².